The molecule has 2 heterocycles. The van der Waals surface area contributed by atoms with Crippen LogP contribution in [0, 0.1) is 0 Å². The number of carbonyl (C=O) groups is 2. The smallest absolute Gasteiger partial charge is 0.377 e. The number of aliphatic hydroxyl groups is 4. The van der Waals surface area contributed by atoms with Gasteiger partial charge in [0.1, 0.15) is 34.7 Å². The molecular weight excluding hydrogens is 771 g/mol. The molecule has 0 radical (unpaired) electrons. The number of aromatic nitrogens is 3. The number of nitrogens with one attached hydrogen (secondary N) is 2. The lowest BCUT2D eigenvalue weighted by atomic mass is 9.80. The first-order chi connectivity index (χ1) is 24.9. The molecule has 6 atom stereocenters. The summed E-state index contributed by atoms with van der Waals surface area (Å²) in [5, 5.41) is 61.9. The van der Waals surface area contributed by atoms with E-state index in [1.165, 1.54) is 30.5 Å². The number of aliphatic hydroxyl groups excluding tert-OH is 4. The molecule has 0 spiro atoms. The summed E-state index contributed by atoms with van der Waals surface area (Å²) in [6.45, 7) is 0.0440. The van der Waals surface area contributed by atoms with Gasteiger partial charge in [0.05, 0.1) is 53.2 Å². The zero-order chi connectivity index (χ0) is 38.9. The molecule has 1 saturated heterocycles. The summed E-state index contributed by atoms with van der Waals surface area (Å²) < 4.78 is 71.3. The summed E-state index contributed by atoms with van der Waals surface area (Å²) in [5.41, 5.74) is -1.91. The largest absolute Gasteiger partial charge is 0.476 e. The van der Waals surface area contributed by atoms with E-state index in [1.54, 1.807) is 0 Å². The predicted octanol–water partition coefficient (Wildman–Crippen LogP) is 2.18. The van der Waals surface area contributed by atoms with Gasteiger partial charge < -0.3 is 40.3 Å². The highest BCUT2D eigenvalue weighted by Crippen LogP contribution is 2.41. The van der Waals surface area contributed by atoms with Crippen molar-refractivity contribution in [3.63, 3.8) is 0 Å². The second-order valence-electron chi connectivity index (χ2n) is 12.9. The first kappa shape index (κ1) is 40.7. The molecule has 0 unspecified atom stereocenters. The van der Waals surface area contributed by atoms with Gasteiger partial charge in [0.2, 0.25) is 15.9 Å². The van der Waals surface area contributed by atoms with Gasteiger partial charge >= 0.3 is 11.8 Å². The minimum atomic E-state index is -4.25. The highest BCUT2D eigenvalue weighted by atomic mass is 35.5. The topological polar surface area (TPSA) is 243 Å². The van der Waals surface area contributed by atoms with E-state index >= 15 is 0 Å². The predicted molar refractivity (Wildman–Crippen MR) is 181 cm³/mol. The average molecular weight is 809 g/mol. The Bertz CT molecular complexity index is 1930. The van der Waals surface area contributed by atoms with E-state index in [9.17, 15) is 52.3 Å². The molecule has 1 aliphatic heterocycles. The SMILES string of the molecule is CC(=O)N[C@H]1[C@H]([C@H](O)[C@H](O)CO)O[C@@](Oc2ccc(-n3cc(C4(NS(=O)(=O)c5cc(Cl)ccc5Cl)CCCCC4)nn3)cc2C(F)F)(C(=O)O)C[C@@H]1O. The summed E-state index contributed by atoms with van der Waals surface area (Å²) in [4.78, 5) is 24.2. The van der Waals surface area contributed by atoms with E-state index in [0.29, 0.717) is 25.7 Å². The Hall–Kier alpha value is -3.53. The molecule has 2 aliphatic rings. The average Bonchev–Trinajstić information content (AvgIpc) is 3.61. The minimum absolute atomic E-state index is 0.00263. The maximum Gasteiger partial charge on any atom is 0.377 e. The van der Waals surface area contributed by atoms with Crippen LogP contribution in [0.25, 0.3) is 5.69 Å². The third-order valence-electron chi connectivity index (χ3n) is 9.16. The third-order valence-corrected chi connectivity index (χ3v) is 11.4. The monoisotopic (exact) mass is 807 g/mol. The van der Waals surface area contributed by atoms with Crippen LogP contribution in [0.2, 0.25) is 10.0 Å². The number of rotatable bonds is 13. The molecule has 16 nitrogen and oxygen atoms in total. The van der Waals surface area contributed by atoms with Crippen LogP contribution in [-0.2, 0) is 29.9 Å². The number of hydrogen-bond acceptors (Lipinski definition) is 12. The second-order valence-corrected chi connectivity index (χ2v) is 15.4. The number of carbonyl (C=O) groups excluding carboxylic acids is 1. The first-order valence-electron chi connectivity index (χ1n) is 16.3. The number of amides is 1. The normalized spacial score (nSPS) is 24.4. The lowest BCUT2D eigenvalue weighted by Gasteiger charge is -2.46. The fourth-order valence-electron chi connectivity index (χ4n) is 6.52. The molecule has 1 saturated carbocycles. The molecule has 290 valence electrons. The number of hydrogen-bond donors (Lipinski definition) is 7. The van der Waals surface area contributed by atoms with Crippen LogP contribution in [0.1, 0.15) is 63.1 Å². The number of sulfonamides is 1. The number of alkyl halides is 2. The molecular formula is C32H37Cl2F2N5O11S. The van der Waals surface area contributed by atoms with E-state index < -0.39 is 94.4 Å². The van der Waals surface area contributed by atoms with Gasteiger partial charge in [0.25, 0.3) is 6.43 Å². The summed E-state index contributed by atoms with van der Waals surface area (Å²) in [5.74, 6) is -6.27. The Morgan fingerprint density at radius 3 is 2.45 bits per heavy atom. The van der Waals surface area contributed by atoms with Gasteiger partial charge in [-0.05, 0) is 49.2 Å². The Morgan fingerprint density at radius 2 is 1.83 bits per heavy atom. The van der Waals surface area contributed by atoms with Gasteiger partial charge in [0.15, 0.2) is 0 Å². The number of carboxylic acid groups (broad SMARTS) is 1. The Balaban J connectivity index is 1.48. The molecule has 2 aromatic carbocycles. The summed E-state index contributed by atoms with van der Waals surface area (Å²) in [6, 6.07) is 5.66. The maximum absolute atomic E-state index is 14.6. The van der Waals surface area contributed by atoms with Crippen molar-refractivity contribution in [3.05, 3.63) is 63.9 Å². The second kappa shape index (κ2) is 16.1. The molecule has 1 aliphatic carbocycles. The zero-order valence-corrected chi connectivity index (χ0v) is 30.2. The van der Waals surface area contributed by atoms with E-state index in [2.05, 4.69) is 20.4 Å². The maximum atomic E-state index is 14.6. The molecule has 7 N–H and O–H groups in total. The summed E-state index contributed by atoms with van der Waals surface area (Å²) in [6.07, 6.45) is -7.81. The fraction of sp³-hybridized carbons (Fsp3) is 0.500. The van der Waals surface area contributed by atoms with Gasteiger partial charge in [-0.2, -0.15) is 4.72 Å². The molecule has 53 heavy (non-hydrogen) atoms. The van der Waals surface area contributed by atoms with E-state index in [-0.39, 0.29) is 26.3 Å². The molecule has 1 amide bonds. The molecule has 21 heteroatoms. The van der Waals surface area contributed by atoms with Gasteiger partial charge in [-0.3, -0.25) is 4.79 Å². The van der Waals surface area contributed by atoms with E-state index in [0.717, 1.165) is 30.2 Å². The van der Waals surface area contributed by atoms with Crippen molar-refractivity contribution in [1.29, 1.82) is 0 Å². The van der Waals surface area contributed by atoms with Crippen molar-refractivity contribution in [2.75, 3.05) is 6.61 Å². The number of benzene rings is 2. The number of ether oxygens (including phenoxy) is 2. The van der Waals surface area contributed by atoms with E-state index in [4.69, 9.17) is 32.7 Å². The zero-order valence-electron chi connectivity index (χ0n) is 27.9. The quantitative estimate of drug-likeness (QED) is 0.131. The van der Waals surface area contributed by atoms with Gasteiger partial charge in [-0.15, -0.1) is 5.10 Å². The first-order valence-corrected chi connectivity index (χ1v) is 18.5. The van der Waals surface area contributed by atoms with Crippen molar-refractivity contribution in [2.24, 2.45) is 0 Å². The summed E-state index contributed by atoms with van der Waals surface area (Å²) >= 11 is 12.3. The van der Waals surface area contributed by atoms with Gasteiger partial charge in [-0.25, -0.2) is 26.7 Å². The lowest BCUT2D eigenvalue weighted by Crippen LogP contribution is -2.68. The van der Waals surface area contributed by atoms with Crippen molar-refractivity contribution in [3.8, 4) is 11.4 Å². The fourth-order valence-corrected chi connectivity index (χ4v) is 8.72. The van der Waals surface area contributed by atoms with Gasteiger partial charge in [0, 0.05) is 11.9 Å². The standard InChI is InChI=1S/C32H37Cl2F2N5O11S/c1-16(43)37-26-21(44)13-32(30(47)48,52-28(26)27(46)22(45)15-42)51-23-8-6-18(12-19(23)29(35)36)41-14-25(38-40-41)31(9-3-2-4-10-31)39-53(49,50)24-11-17(33)5-7-20(24)34/h5-8,11-12,14,21-22,26-29,39,42,44-46H,2-4,9-10,13,15H2,1H3,(H,37,43)(H,47,48)/t21-,22+,26+,27+,28+,32+/m0/s1. The molecule has 3 aromatic rings. The summed E-state index contributed by atoms with van der Waals surface area (Å²) in [7, 11) is -4.25. The van der Waals surface area contributed by atoms with Gasteiger partial charge in [-0.1, -0.05) is 47.7 Å². The van der Waals surface area contributed by atoms with Crippen molar-refractivity contribution < 1.29 is 61.8 Å². The Labute approximate surface area is 311 Å². The van der Waals surface area contributed by atoms with Crippen LogP contribution < -0.4 is 14.8 Å². The van der Waals surface area contributed by atoms with Crippen LogP contribution >= 0.6 is 23.2 Å². The number of halogens is 4. The number of carboxylic acids is 1. The van der Waals surface area contributed by atoms with Crippen LogP contribution in [0.3, 0.4) is 0 Å². The van der Waals surface area contributed by atoms with Crippen LogP contribution in [-0.4, -0.2) is 104 Å². The molecule has 1 aromatic heterocycles. The Morgan fingerprint density at radius 1 is 1.13 bits per heavy atom. The molecule has 0 bridgehead atoms. The van der Waals surface area contributed by atoms with Crippen LogP contribution in [0.5, 0.6) is 5.75 Å². The third kappa shape index (κ3) is 8.58. The highest BCUT2D eigenvalue weighted by Gasteiger charge is 2.57. The highest BCUT2D eigenvalue weighted by molar-refractivity contribution is 7.89. The van der Waals surface area contributed by atoms with Crippen molar-refractivity contribution in [2.45, 2.75) is 98.6 Å². The Kier molecular flexibility index (Phi) is 12.3. The van der Waals surface area contributed by atoms with Crippen LogP contribution in [0.15, 0.2) is 47.5 Å². The van der Waals surface area contributed by atoms with Crippen molar-refractivity contribution >= 4 is 45.1 Å². The molecule has 5 rings (SSSR count). The van der Waals surface area contributed by atoms with E-state index in [1.807, 2.05) is 0 Å². The molecule has 2 fully saturated rings. The lowest BCUT2D eigenvalue weighted by molar-refractivity contribution is -0.284. The number of aliphatic carboxylic acids is 1. The minimum Gasteiger partial charge on any atom is -0.476 e. The van der Waals surface area contributed by atoms with Crippen LogP contribution in [0.4, 0.5) is 8.78 Å². The van der Waals surface area contributed by atoms with Crippen molar-refractivity contribution in [1.82, 2.24) is 25.0 Å². The number of nitrogens with zero attached hydrogens (tertiary/aromatic N) is 3.